The second kappa shape index (κ2) is 6.16. The number of rotatable bonds is 4. The normalized spacial score (nSPS) is 15.9. The molecule has 0 bridgehead atoms. The van der Waals surface area contributed by atoms with E-state index in [1.165, 1.54) is 10.4 Å². The molecule has 2 nitrogen and oxygen atoms in total. The average Bonchev–Trinajstić information content (AvgIpc) is 2.94. The van der Waals surface area contributed by atoms with Gasteiger partial charge in [-0.05, 0) is 48.5 Å². The molecule has 0 saturated carbocycles. The van der Waals surface area contributed by atoms with Crippen LogP contribution in [0.25, 0.3) is 0 Å². The third kappa shape index (κ3) is 2.83. The first-order valence-corrected chi connectivity index (χ1v) is 8.40. The van der Waals surface area contributed by atoms with Crippen molar-refractivity contribution < 1.29 is 4.39 Å². The lowest BCUT2D eigenvalue weighted by atomic mass is 10.0. The largest absolute Gasteiger partial charge is 0.364 e. The van der Waals surface area contributed by atoms with Crippen molar-refractivity contribution >= 4 is 17.0 Å². The molecule has 1 aliphatic heterocycles. The molecule has 1 aromatic carbocycles. The van der Waals surface area contributed by atoms with Crippen LogP contribution >= 0.6 is 11.3 Å². The van der Waals surface area contributed by atoms with Crippen molar-refractivity contribution in [2.75, 3.05) is 18.0 Å². The van der Waals surface area contributed by atoms with Crippen LogP contribution in [0.3, 0.4) is 0 Å². The molecule has 0 aliphatic carbocycles. The Morgan fingerprint density at radius 3 is 3.05 bits per heavy atom. The summed E-state index contributed by atoms with van der Waals surface area (Å²) in [6, 6.07) is 7.74. The van der Waals surface area contributed by atoms with Crippen LogP contribution < -0.4 is 10.2 Å². The number of para-hydroxylation sites is 1. The summed E-state index contributed by atoms with van der Waals surface area (Å²) in [7, 11) is 0. The molecule has 2 aromatic rings. The molecular formula is C17H21FN2S. The van der Waals surface area contributed by atoms with E-state index in [9.17, 15) is 4.39 Å². The predicted molar refractivity (Wildman–Crippen MR) is 87.6 cm³/mol. The fourth-order valence-electron chi connectivity index (χ4n) is 3.07. The number of nitrogens with one attached hydrogen (secondary N) is 1. The average molecular weight is 304 g/mol. The highest BCUT2D eigenvalue weighted by Gasteiger charge is 2.23. The van der Waals surface area contributed by atoms with Crippen molar-refractivity contribution in [3.63, 3.8) is 0 Å². The Labute approximate surface area is 129 Å². The van der Waals surface area contributed by atoms with Crippen LogP contribution in [0.2, 0.25) is 0 Å². The van der Waals surface area contributed by atoms with E-state index in [0.29, 0.717) is 0 Å². The van der Waals surface area contributed by atoms with Gasteiger partial charge in [-0.1, -0.05) is 19.1 Å². The maximum absolute atomic E-state index is 14.5. The van der Waals surface area contributed by atoms with E-state index < -0.39 is 0 Å². The molecule has 0 saturated heterocycles. The number of hydrogen-bond donors (Lipinski definition) is 1. The maximum Gasteiger partial charge on any atom is 0.146 e. The zero-order chi connectivity index (χ0) is 14.8. The Morgan fingerprint density at radius 1 is 1.38 bits per heavy atom. The fourth-order valence-corrected chi connectivity index (χ4v) is 3.96. The third-order valence-electron chi connectivity index (χ3n) is 4.12. The number of fused-ring (bicyclic) bond motifs is 1. The highest BCUT2D eigenvalue weighted by molar-refractivity contribution is 7.10. The molecule has 3 rings (SSSR count). The molecular weight excluding hydrogens is 283 g/mol. The van der Waals surface area contributed by atoms with E-state index in [1.807, 2.05) is 23.5 Å². The smallest absolute Gasteiger partial charge is 0.146 e. The summed E-state index contributed by atoms with van der Waals surface area (Å²) in [4.78, 5) is 3.64. The van der Waals surface area contributed by atoms with Gasteiger partial charge in [0, 0.05) is 24.0 Å². The molecule has 0 amide bonds. The van der Waals surface area contributed by atoms with E-state index in [2.05, 4.69) is 35.5 Å². The second-order valence-electron chi connectivity index (χ2n) is 5.50. The van der Waals surface area contributed by atoms with Gasteiger partial charge < -0.3 is 10.2 Å². The molecule has 2 heterocycles. The SMILES string of the molecule is CCNC(C)c1cccc(F)c1N1CCc2sccc2C1. The highest BCUT2D eigenvalue weighted by Crippen LogP contribution is 2.34. The molecule has 1 aliphatic rings. The van der Waals surface area contributed by atoms with E-state index in [4.69, 9.17) is 0 Å². The molecule has 0 fully saturated rings. The van der Waals surface area contributed by atoms with E-state index in [0.717, 1.165) is 37.3 Å². The minimum atomic E-state index is -0.115. The number of benzene rings is 1. The summed E-state index contributed by atoms with van der Waals surface area (Å²) < 4.78 is 14.5. The summed E-state index contributed by atoms with van der Waals surface area (Å²) >= 11 is 1.81. The van der Waals surface area contributed by atoms with Gasteiger partial charge in [0.1, 0.15) is 5.82 Å². The van der Waals surface area contributed by atoms with Crippen LogP contribution in [-0.4, -0.2) is 13.1 Å². The molecule has 1 atom stereocenters. The van der Waals surface area contributed by atoms with Crippen molar-refractivity contribution in [2.45, 2.75) is 32.9 Å². The summed E-state index contributed by atoms with van der Waals surface area (Å²) in [5.74, 6) is -0.115. The quantitative estimate of drug-likeness (QED) is 0.914. The van der Waals surface area contributed by atoms with Gasteiger partial charge in [-0.3, -0.25) is 0 Å². The minimum Gasteiger partial charge on any atom is -0.364 e. The Balaban J connectivity index is 1.95. The molecule has 1 unspecified atom stereocenters. The van der Waals surface area contributed by atoms with Gasteiger partial charge in [0.25, 0.3) is 0 Å². The standard InChI is InChI=1S/C17H21FN2S/c1-3-19-12(2)14-5-4-6-15(18)17(14)20-9-7-16-13(11-20)8-10-21-16/h4-6,8,10,12,19H,3,7,9,11H2,1-2H3. The first-order valence-electron chi connectivity index (χ1n) is 7.52. The van der Waals surface area contributed by atoms with Crippen LogP contribution in [0.1, 0.15) is 35.9 Å². The van der Waals surface area contributed by atoms with Crippen molar-refractivity contribution in [2.24, 2.45) is 0 Å². The molecule has 4 heteroatoms. The summed E-state index contributed by atoms with van der Waals surface area (Å²) in [5.41, 5.74) is 3.16. The summed E-state index contributed by atoms with van der Waals surface area (Å²) in [6.07, 6.45) is 1.01. The Bertz CT molecular complexity index is 623. The van der Waals surface area contributed by atoms with Gasteiger partial charge in [-0.2, -0.15) is 0 Å². The molecule has 112 valence electrons. The summed E-state index contributed by atoms with van der Waals surface area (Å²) in [6.45, 7) is 6.76. The fraction of sp³-hybridized carbons (Fsp3) is 0.412. The molecule has 21 heavy (non-hydrogen) atoms. The monoisotopic (exact) mass is 304 g/mol. The van der Waals surface area contributed by atoms with E-state index in [-0.39, 0.29) is 11.9 Å². The first kappa shape index (κ1) is 14.5. The van der Waals surface area contributed by atoms with E-state index in [1.54, 1.807) is 6.07 Å². The van der Waals surface area contributed by atoms with Crippen LogP contribution in [0, 0.1) is 5.82 Å². The lowest BCUT2D eigenvalue weighted by Crippen LogP contribution is -2.32. The van der Waals surface area contributed by atoms with E-state index >= 15 is 0 Å². The Hall–Kier alpha value is -1.39. The zero-order valence-electron chi connectivity index (χ0n) is 12.5. The number of thiophene rings is 1. The summed E-state index contributed by atoms with van der Waals surface area (Å²) in [5, 5.41) is 5.53. The number of halogens is 1. The number of anilines is 1. The first-order chi connectivity index (χ1) is 10.2. The second-order valence-corrected chi connectivity index (χ2v) is 6.50. The number of nitrogens with zero attached hydrogens (tertiary/aromatic N) is 1. The van der Waals surface area contributed by atoms with Crippen molar-refractivity contribution in [3.05, 3.63) is 51.5 Å². The lowest BCUT2D eigenvalue weighted by molar-refractivity contribution is 0.572. The van der Waals surface area contributed by atoms with Crippen LogP contribution in [-0.2, 0) is 13.0 Å². The van der Waals surface area contributed by atoms with Gasteiger partial charge >= 0.3 is 0 Å². The predicted octanol–water partition coefficient (Wildman–Crippen LogP) is 4.12. The highest BCUT2D eigenvalue weighted by atomic mass is 32.1. The molecule has 0 spiro atoms. The van der Waals surface area contributed by atoms with Crippen molar-refractivity contribution in [1.29, 1.82) is 0 Å². The topological polar surface area (TPSA) is 15.3 Å². The zero-order valence-corrected chi connectivity index (χ0v) is 13.3. The maximum atomic E-state index is 14.5. The minimum absolute atomic E-state index is 0.115. The van der Waals surface area contributed by atoms with Crippen LogP contribution in [0.4, 0.5) is 10.1 Å². The van der Waals surface area contributed by atoms with Gasteiger partial charge in [0.05, 0.1) is 5.69 Å². The third-order valence-corrected chi connectivity index (χ3v) is 5.14. The molecule has 0 radical (unpaired) electrons. The van der Waals surface area contributed by atoms with Gasteiger partial charge in [-0.15, -0.1) is 11.3 Å². The van der Waals surface area contributed by atoms with Gasteiger partial charge in [0.2, 0.25) is 0 Å². The van der Waals surface area contributed by atoms with Crippen LogP contribution in [0.15, 0.2) is 29.6 Å². The van der Waals surface area contributed by atoms with Gasteiger partial charge in [-0.25, -0.2) is 4.39 Å². The Morgan fingerprint density at radius 2 is 2.24 bits per heavy atom. The van der Waals surface area contributed by atoms with Crippen molar-refractivity contribution in [1.82, 2.24) is 5.32 Å². The molecule has 1 aromatic heterocycles. The van der Waals surface area contributed by atoms with Gasteiger partial charge in [0.15, 0.2) is 0 Å². The molecule has 1 N–H and O–H groups in total. The number of hydrogen-bond acceptors (Lipinski definition) is 3. The lowest BCUT2D eigenvalue weighted by Gasteiger charge is -2.32. The van der Waals surface area contributed by atoms with Crippen molar-refractivity contribution in [3.8, 4) is 0 Å². The Kier molecular flexibility index (Phi) is 4.27. The van der Waals surface area contributed by atoms with Crippen LogP contribution in [0.5, 0.6) is 0 Å².